The number of carbonyl (C=O) groups is 3. The Morgan fingerprint density at radius 2 is 1.80 bits per heavy atom. The molecule has 0 radical (unpaired) electrons. The highest BCUT2D eigenvalue weighted by atomic mass is 16.5. The van der Waals surface area contributed by atoms with E-state index in [2.05, 4.69) is 14.8 Å². The molecule has 0 saturated heterocycles. The minimum atomic E-state index is -0.932. The summed E-state index contributed by atoms with van der Waals surface area (Å²) >= 11 is 0. The first-order valence-electron chi connectivity index (χ1n) is 7.56. The molecule has 134 valence electrons. The van der Waals surface area contributed by atoms with Crippen LogP contribution in [0.4, 0.5) is 5.69 Å². The van der Waals surface area contributed by atoms with Crippen LogP contribution in [0.5, 0.6) is 0 Å². The van der Waals surface area contributed by atoms with Crippen LogP contribution in [0.2, 0.25) is 0 Å². The van der Waals surface area contributed by atoms with Crippen molar-refractivity contribution in [1.29, 1.82) is 0 Å². The van der Waals surface area contributed by atoms with Crippen LogP contribution in [0.1, 0.15) is 42.8 Å². The average molecular weight is 349 g/mol. The molecular weight excluding hydrogens is 330 g/mol. The van der Waals surface area contributed by atoms with Crippen LogP contribution in [0.25, 0.3) is 0 Å². The van der Waals surface area contributed by atoms with Gasteiger partial charge in [0, 0.05) is 18.0 Å². The van der Waals surface area contributed by atoms with Gasteiger partial charge in [-0.2, -0.15) is 0 Å². The van der Waals surface area contributed by atoms with Crippen LogP contribution in [-0.4, -0.2) is 31.9 Å². The highest BCUT2D eigenvalue weighted by molar-refractivity contribution is 6.14. The summed E-state index contributed by atoms with van der Waals surface area (Å²) in [6, 6.07) is 1.37. The van der Waals surface area contributed by atoms with Crippen molar-refractivity contribution in [3.63, 3.8) is 0 Å². The number of ketones is 1. The molecular formula is C17H19NO7. The number of rotatable bonds is 4. The number of carbonyl (C=O) groups excluding carboxylic acids is 3. The highest BCUT2D eigenvalue weighted by Gasteiger charge is 2.35. The van der Waals surface area contributed by atoms with Crippen molar-refractivity contribution < 1.29 is 28.3 Å². The molecule has 1 aliphatic carbocycles. The van der Waals surface area contributed by atoms with Crippen LogP contribution in [-0.2, 0) is 24.5 Å². The van der Waals surface area contributed by atoms with Gasteiger partial charge in [0.2, 0.25) is 0 Å². The van der Waals surface area contributed by atoms with Gasteiger partial charge in [0.1, 0.15) is 11.4 Å². The Hall–Kier alpha value is -2.90. The van der Waals surface area contributed by atoms with Crippen molar-refractivity contribution in [2.45, 2.75) is 32.1 Å². The third kappa shape index (κ3) is 3.62. The Kier molecular flexibility index (Phi) is 5.10. The molecule has 25 heavy (non-hydrogen) atoms. The van der Waals surface area contributed by atoms with Gasteiger partial charge in [-0.1, -0.05) is 13.8 Å². The molecule has 0 fully saturated rings. The SMILES string of the molecule is COC(=O)C(=CNc1cc2c(oc1=O)C(C)(C)CCC2=O)C(=O)OC. The molecule has 8 heteroatoms. The quantitative estimate of drug-likeness (QED) is 0.377. The summed E-state index contributed by atoms with van der Waals surface area (Å²) in [6.07, 6.45) is 1.91. The van der Waals surface area contributed by atoms with Gasteiger partial charge >= 0.3 is 17.6 Å². The zero-order valence-electron chi connectivity index (χ0n) is 14.4. The number of fused-ring (bicyclic) bond motifs is 1. The molecule has 1 aromatic rings. The van der Waals surface area contributed by atoms with E-state index in [1.165, 1.54) is 6.07 Å². The van der Waals surface area contributed by atoms with Gasteiger partial charge in [-0.15, -0.1) is 0 Å². The number of nitrogens with one attached hydrogen (secondary N) is 1. The standard InChI is InChI=1S/C17H19NO7/c1-17(2)6-5-12(19)9-7-11(16(22)25-13(9)17)18-8-10(14(20)23-3)15(21)24-4/h7-8,18H,5-6H2,1-4H3. The third-order valence-electron chi connectivity index (χ3n) is 4.02. The minimum Gasteiger partial charge on any atom is -0.465 e. The van der Waals surface area contributed by atoms with Crippen molar-refractivity contribution in [1.82, 2.24) is 0 Å². The largest absolute Gasteiger partial charge is 0.465 e. The van der Waals surface area contributed by atoms with Crippen LogP contribution in [0, 0.1) is 0 Å². The molecule has 0 unspecified atom stereocenters. The minimum absolute atomic E-state index is 0.0740. The van der Waals surface area contributed by atoms with E-state index < -0.39 is 28.6 Å². The summed E-state index contributed by atoms with van der Waals surface area (Å²) in [6.45, 7) is 3.78. The molecule has 0 aromatic carbocycles. The molecule has 1 N–H and O–H groups in total. The van der Waals surface area contributed by atoms with Crippen LogP contribution in [0.3, 0.4) is 0 Å². The summed E-state index contributed by atoms with van der Waals surface area (Å²) in [7, 11) is 2.21. The van der Waals surface area contributed by atoms with Gasteiger partial charge in [0.25, 0.3) is 0 Å². The van der Waals surface area contributed by atoms with E-state index in [1.54, 1.807) is 0 Å². The lowest BCUT2D eigenvalue weighted by molar-refractivity contribution is -0.144. The maximum Gasteiger partial charge on any atom is 0.359 e. The molecule has 1 heterocycles. The number of esters is 2. The van der Waals surface area contributed by atoms with Gasteiger partial charge in [-0.25, -0.2) is 14.4 Å². The molecule has 0 amide bonds. The predicted octanol–water partition coefficient (Wildman–Crippen LogP) is 1.54. The average Bonchev–Trinajstić information content (AvgIpc) is 2.58. The fraction of sp³-hybridized carbons (Fsp3) is 0.412. The number of methoxy groups -OCH3 is 2. The van der Waals surface area contributed by atoms with Gasteiger partial charge in [0.15, 0.2) is 11.4 Å². The molecule has 8 nitrogen and oxygen atoms in total. The van der Waals surface area contributed by atoms with E-state index in [4.69, 9.17) is 4.42 Å². The molecule has 0 spiro atoms. The van der Waals surface area contributed by atoms with Crippen molar-refractivity contribution in [3.05, 3.63) is 39.6 Å². The predicted molar refractivity (Wildman–Crippen MR) is 87.3 cm³/mol. The highest BCUT2D eigenvalue weighted by Crippen LogP contribution is 2.36. The van der Waals surface area contributed by atoms with Crippen molar-refractivity contribution in [3.8, 4) is 0 Å². The van der Waals surface area contributed by atoms with Gasteiger partial charge in [-0.05, 0) is 12.5 Å². The summed E-state index contributed by atoms with van der Waals surface area (Å²) in [5.41, 5.74) is -1.35. The first-order chi connectivity index (χ1) is 11.7. The second-order valence-electron chi connectivity index (χ2n) is 6.18. The van der Waals surface area contributed by atoms with E-state index in [0.29, 0.717) is 24.2 Å². The smallest absolute Gasteiger partial charge is 0.359 e. The summed E-state index contributed by atoms with van der Waals surface area (Å²) in [4.78, 5) is 47.5. The Morgan fingerprint density at radius 1 is 1.20 bits per heavy atom. The maximum absolute atomic E-state index is 12.2. The third-order valence-corrected chi connectivity index (χ3v) is 4.02. The number of hydrogen-bond donors (Lipinski definition) is 1. The van der Waals surface area contributed by atoms with E-state index in [1.807, 2.05) is 13.8 Å². The Morgan fingerprint density at radius 3 is 2.36 bits per heavy atom. The first kappa shape index (κ1) is 18.4. The van der Waals surface area contributed by atoms with Crippen LogP contribution in [0.15, 0.2) is 27.1 Å². The van der Waals surface area contributed by atoms with Gasteiger partial charge in [0.05, 0.1) is 19.8 Å². The molecule has 2 rings (SSSR count). The monoisotopic (exact) mass is 349 g/mol. The van der Waals surface area contributed by atoms with Crippen molar-refractivity contribution >= 4 is 23.4 Å². The lowest BCUT2D eigenvalue weighted by Crippen LogP contribution is -2.29. The summed E-state index contributed by atoms with van der Waals surface area (Å²) in [5.74, 6) is -1.66. The van der Waals surface area contributed by atoms with E-state index in [0.717, 1.165) is 20.4 Å². The lowest BCUT2D eigenvalue weighted by Gasteiger charge is -2.29. The van der Waals surface area contributed by atoms with Crippen LogP contribution < -0.4 is 10.9 Å². The number of anilines is 1. The summed E-state index contributed by atoms with van der Waals surface area (Å²) < 4.78 is 14.3. The Labute approximate surface area is 143 Å². The number of Topliss-reactive ketones (excluding diaryl/α,β-unsaturated/α-hetero) is 1. The van der Waals surface area contributed by atoms with E-state index in [-0.39, 0.29) is 11.5 Å². The lowest BCUT2D eigenvalue weighted by atomic mass is 9.76. The fourth-order valence-corrected chi connectivity index (χ4v) is 2.53. The molecule has 0 saturated carbocycles. The molecule has 1 aliphatic rings. The van der Waals surface area contributed by atoms with Crippen LogP contribution >= 0.6 is 0 Å². The van der Waals surface area contributed by atoms with E-state index >= 15 is 0 Å². The first-order valence-corrected chi connectivity index (χ1v) is 7.56. The fourth-order valence-electron chi connectivity index (χ4n) is 2.53. The second-order valence-corrected chi connectivity index (χ2v) is 6.18. The summed E-state index contributed by atoms with van der Waals surface area (Å²) in [5, 5.41) is 2.52. The second kappa shape index (κ2) is 6.92. The normalized spacial score (nSPS) is 15.0. The number of hydrogen-bond acceptors (Lipinski definition) is 8. The topological polar surface area (TPSA) is 112 Å². The molecule has 0 atom stereocenters. The number of ether oxygens (including phenoxy) is 2. The maximum atomic E-state index is 12.2. The Balaban J connectivity index is 2.44. The zero-order valence-corrected chi connectivity index (χ0v) is 14.4. The van der Waals surface area contributed by atoms with Gasteiger partial charge < -0.3 is 19.2 Å². The Bertz CT molecular complexity index is 799. The molecule has 1 aromatic heterocycles. The van der Waals surface area contributed by atoms with Crippen molar-refractivity contribution in [2.24, 2.45) is 0 Å². The molecule has 0 bridgehead atoms. The van der Waals surface area contributed by atoms with Gasteiger partial charge in [-0.3, -0.25) is 4.79 Å². The zero-order chi connectivity index (χ0) is 18.8. The van der Waals surface area contributed by atoms with Crippen molar-refractivity contribution in [2.75, 3.05) is 19.5 Å². The molecule has 0 aliphatic heterocycles. The van der Waals surface area contributed by atoms with E-state index in [9.17, 15) is 19.2 Å².